The van der Waals surface area contributed by atoms with Gasteiger partial charge in [-0.25, -0.2) is 0 Å². The van der Waals surface area contributed by atoms with E-state index >= 15 is 0 Å². The third kappa shape index (κ3) is 4.21. The van der Waals surface area contributed by atoms with Gasteiger partial charge < -0.3 is 9.64 Å². The number of nitrogens with zero attached hydrogens (tertiary/aromatic N) is 2. The number of benzene rings is 1. The average molecular weight is 449 g/mol. The van der Waals surface area contributed by atoms with Crippen molar-refractivity contribution < 1.29 is 9.53 Å². The van der Waals surface area contributed by atoms with Crippen LogP contribution in [0, 0.1) is 14.9 Å². The first-order valence-electron chi connectivity index (χ1n) is 5.86. The molecule has 6 heteroatoms. The first-order valence-corrected chi connectivity index (χ1v) is 7.73. The standard InChI is InChI=1S/C14H14BrIN2O2/c1-4-20-13-11(15)6-9(7-12(13)16)5-10(8-17)14(19)18(2)3/h5-7H,4H2,1-3H3/b10-5-. The van der Waals surface area contributed by atoms with Crippen LogP contribution in [0.3, 0.4) is 0 Å². The zero-order valence-electron chi connectivity index (χ0n) is 11.4. The Morgan fingerprint density at radius 1 is 1.55 bits per heavy atom. The van der Waals surface area contributed by atoms with Gasteiger partial charge in [-0.15, -0.1) is 0 Å². The molecule has 1 aromatic rings. The molecular weight excluding hydrogens is 435 g/mol. The normalized spacial score (nSPS) is 10.9. The molecule has 0 unspecified atom stereocenters. The Labute approximate surface area is 140 Å². The number of ether oxygens (including phenoxy) is 1. The molecule has 20 heavy (non-hydrogen) atoms. The van der Waals surface area contributed by atoms with Crippen LogP contribution in [0.2, 0.25) is 0 Å². The van der Waals surface area contributed by atoms with Crippen molar-refractivity contribution in [2.24, 2.45) is 0 Å². The van der Waals surface area contributed by atoms with Crippen LogP contribution in [0.1, 0.15) is 12.5 Å². The highest BCUT2D eigenvalue weighted by Gasteiger charge is 2.13. The van der Waals surface area contributed by atoms with E-state index < -0.39 is 0 Å². The molecule has 0 fully saturated rings. The van der Waals surface area contributed by atoms with Gasteiger partial charge in [-0.05, 0) is 69.2 Å². The van der Waals surface area contributed by atoms with Gasteiger partial charge in [-0.2, -0.15) is 5.26 Å². The molecule has 0 aromatic heterocycles. The monoisotopic (exact) mass is 448 g/mol. The lowest BCUT2D eigenvalue weighted by Crippen LogP contribution is -2.22. The first kappa shape index (κ1) is 17.0. The molecule has 0 bridgehead atoms. The SMILES string of the molecule is CCOc1c(Br)cc(/C=C(/C#N)C(=O)N(C)C)cc1I. The number of nitriles is 1. The maximum Gasteiger partial charge on any atom is 0.264 e. The van der Waals surface area contributed by atoms with E-state index in [9.17, 15) is 4.79 Å². The van der Waals surface area contributed by atoms with E-state index in [1.165, 1.54) is 4.90 Å². The number of carbonyl (C=O) groups excluding carboxylic acids is 1. The molecule has 1 rings (SSSR count). The Morgan fingerprint density at radius 3 is 2.65 bits per heavy atom. The molecule has 0 radical (unpaired) electrons. The summed E-state index contributed by atoms with van der Waals surface area (Å²) < 4.78 is 7.24. The molecule has 0 heterocycles. The lowest BCUT2D eigenvalue weighted by molar-refractivity contribution is -0.124. The van der Waals surface area contributed by atoms with Gasteiger partial charge in [-0.1, -0.05) is 0 Å². The Hall–Kier alpha value is -1.07. The highest BCUT2D eigenvalue weighted by Crippen LogP contribution is 2.32. The minimum absolute atomic E-state index is 0.0989. The van der Waals surface area contributed by atoms with Crippen LogP contribution in [0.4, 0.5) is 0 Å². The van der Waals surface area contributed by atoms with Gasteiger partial charge in [0.2, 0.25) is 0 Å². The third-order valence-corrected chi connectivity index (χ3v) is 3.77. The van der Waals surface area contributed by atoms with E-state index in [0.29, 0.717) is 6.61 Å². The molecule has 0 saturated carbocycles. The van der Waals surface area contributed by atoms with Crippen LogP contribution < -0.4 is 4.74 Å². The second kappa shape index (κ2) is 7.64. The molecule has 4 nitrogen and oxygen atoms in total. The molecule has 0 aliphatic carbocycles. The number of rotatable bonds is 4. The van der Waals surface area contributed by atoms with Gasteiger partial charge in [0.1, 0.15) is 17.4 Å². The van der Waals surface area contributed by atoms with Crippen molar-refractivity contribution in [3.63, 3.8) is 0 Å². The zero-order valence-corrected chi connectivity index (χ0v) is 15.1. The minimum atomic E-state index is -0.312. The fourth-order valence-electron chi connectivity index (χ4n) is 1.49. The van der Waals surface area contributed by atoms with Crippen molar-refractivity contribution in [1.29, 1.82) is 5.26 Å². The van der Waals surface area contributed by atoms with Crippen molar-refractivity contribution in [3.05, 3.63) is 31.3 Å². The fraction of sp³-hybridized carbons (Fsp3) is 0.286. The predicted octanol–water partition coefficient (Wildman–Crippen LogP) is 3.45. The van der Waals surface area contributed by atoms with Crippen molar-refractivity contribution in [1.82, 2.24) is 4.90 Å². The first-order chi connectivity index (χ1) is 9.40. The summed E-state index contributed by atoms with van der Waals surface area (Å²) in [7, 11) is 3.23. The van der Waals surface area contributed by atoms with E-state index in [1.54, 1.807) is 20.2 Å². The Balaban J connectivity index is 3.22. The number of hydrogen-bond acceptors (Lipinski definition) is 3. The fourth-order valence-corrected chi connectivity index (χ4v) is 3.26. The summed E-state index contributed by atoms with van der Waals surface area (Å²) in [6.45, 7) is 2.49. The Kier molecular flexibility index (Phi) is 6.49. The molecule has 106 valence electrons. The summed E-state index contributed by atoms with van der Waals surface area (Å²) in [6, 6.07) is 5.63. The number of carbonyl (C=O) groups is 1. The Morgan fingerprint density at radius 2 is 2.20 bits per heavy atom. The van der Waals surface area contributed by atoms with Crippen LogP contribution in [0.25, 0.3) is 6.08 Å². The van der Waals surface area contributed by atoms with E-state index in [4.69, 9.17) is 10.00 Å². The molecule has 0 aliphatic rings. The molecule has 0 spiro atoms. The maximum atomic E-state index is 11.8. The number of likely N-dealkylation sites (N-methyl/N-ethyl adjacent to an activating group) is 1. The maximum absolute atomic E-state index is 11.8. The third-order valence-electron chi connectivity index (χ3n) is 2.38. The van der Waals surface area contributed by atoms with Gasteiger partial charge in [-0.3, -0.25) is 4.79 Å². The van der Waals surface area contributed by atoms with Crippen LogP contribution in [0.5, 0.6) is 5.75 Å². The number of hydrogen-bond donors (Lipinski definition) is 0. The smallest absolute Gasteiger partial charge is 0.264 e. The molecule has 1 aromatic carbocycles. The van der Waals surface area contributed by atoms with Crippen LogP contribution in [-0.4, -0.2) is 31.5 Å². The number of halogens is 2. The van der Waals surface area contributed by atoms with Gasteiger partial charge in [0.25, 0.3) is 5.91 Å². The van der Waals surface area contributed by atoms with E-state index in [0.717, 1.165) is 19.4 Å². The van der Waals surface area contributed by atoms with E-state index in [1.807, 2.05) is 25.1 Å². The van der Waals surface area contributed by atoms with Crippen LogP contribution >= 0.6 is 38.5 Å². The highest BCUT2D eigenvalue weighted by atomic mass is 127. The predicted molar refractivity (Wildman–Crippen MR) is 90.3 cm³/mol. The molecular formula is C14H14BrIN2O2. The minimum Gasteiger partial charge on any atom is -0.492 e. The van der Waals surface area contributed by atoms with Gasteiger partial charge in [0.15, 0.2) is 0 Å². The van der Waals surface area contributed by atoms with Crippen molar-refractivity contribution in [3.8, 4) is 11.8 Å². The largest absolute Gasteiger partial charge is 0.492 e. The quantitative estimate of drug-likeness (QED) is 0.402. The lowest BCUT2D eigenvalue weighted by Gasteiger charge is -2.11. The zero-order chi connectivity index (χ0) is 15.3. The summed E-state index contributed by atoms with van der Waals surface area (Å²) in [5.74, 6) is 0.454. The molecule has 0 atom stereocenters. The summed E-state index contributed by atoms with van der Waals surface area (Å²) in [4.78, 5) is 13.2. The summed E-state index contributed by atoms with van der Waals surface area (Å²) in [5, 5.41) is 9.08. The number of amides is 1. The molecule has 0 aliphatic heterocycles. The average Bonchev–Trinajstić information content (AvgIpc) is 2.39. The Bertz CT molecular complexity index is 568. The molecule has 1 amide bonds. The van der Waals surface area contributed by atoms with Crippen molar-refractivity contribution in [2.75, 3.05) is 20.7 Å². The van der Waals surface area contributed by atoms with Crippen molar-refractivity contribution >= 4 is 50.5 Å². The second-order valence-corrected chi connectivity index (χ2v) is 6.13. The summed E-state index contributed by atoms with van der Waals surface area (Å²) >= 11 is 5.60. The van der Waals surface area contributed by atoms with Crippen LogP contribution in [0.15, 0.2) is 22.2 Å². The van der Waals surface area contributed by atoms with Gasteiger partial charge >= 0.3 is 0 Å². The van der Waals surface area contributed by atoms with Crippen molar-refractivity contribution in [2.45, 2.75) is 6.92 Å². The highest BCUT2D eigenvalue weighted by molar-refractivity contribution is 14.1. The molecule has 0 N–H and O–H groups in total. The summed E-state index contributed by atoms with van der Waals surface area (Å²) in [6.07, 6.45) is 1.57. The second-order valence-electron chi connectivity index (χ2n) is 4.12. The van der Waals surface area contributed by atoms with Crippen LogP contribution in [-0.2, 0) is 4.79 Å². The van der Waals surface area contributed by atoms with E-state index in [-0.39, 0.29) is 11.5 Å². The van der Waals surface area contributed by atoms with Gasteiger partial charge in [0, 0.05) is 14.1 Å². The van der Waals surface area contributed by atoms with Gasteiger partial charge in [0.05, 0.1) is 14.6 Å². The topological polar surface area (TPSA) is 53.3 Å². The molecule has 0 saturated heterocycles. The summed E-state index contributed by atoms with van der Waals surface area (Å²) in [5.41, 5.74) is 0.873. The lowest BCUT2D eigenvalue weighted by atomic mass is 10.1. The van der Waals surface area contributed by atoms with E-state index in [2.05, 4.69) is 38.5 Å².